The fraction of sp³-hybridized carbons (Fsp3) is 0. The van der Waals surface area contributed by atoms with Crippen LogP contribution in [0, 0.1) is 0 Å². The molecule has 3 rings (SSSR count). The summed E-state index contributed by atoms with van der Waals surface area (Å²) >= 11 is 1.48. The van der Waals surface area contributed by atoms with Crippen molar-refractivity contribution < 1.29 is 0 Å². The van der Waals surface area contributed by atoms with Crippen LogP contribution in [-0.2, 0) is 0 Å². The average Bonchev–Trinajstić information content (AvgIpc) is 2.84. The molecule has 1 aliphatic heterocycles. The highest BCUT2D eigenvalue weighted by molar-refractivity contribution is 8.06. The van der Waals surface area contributed by atoms with E-state index < -0.39 is 0 Å². The van der Waals surface area contributed by atoms with Crippen molar-refractivity contribution in [2.75, 3.05) is 0 Å². The summed E-state index contributed by atoms with van der Waals surface area (Å²) in [7, 11) is 0. The minimum absolute atomic E-state index is 1.13. The third-order valence-corrected chi connectivity index (χ3v) is 3.21. The Morgan fingerprint density at radius 3 is 3.00 bits per heavy atom. The zero-order valence-electron chi connectivity index (χ0n) is 7.90. The zero-order valence-corrected chi connectivity index (χ0v) is 8.71. The van der Waals surface area contributed by atoms with Gasteiger partial charge in [0.05, 0.1) is 4.91 Å². The lowest BCUT2D eigenvalue weighted by atomic mass is 10.1. The molecule has 1 aliphatic rings. The summed E-state index contributed by atoms with van der Waals surface area (Å²) in [5.41, 5.74) is 5.24. The molecular formula is C10H10N4S. The van der Waals surface area contributed by atoms with Crippen LogP contribution >= 0.6 is 11.9 Å². The molecule has 0 unspecified atom stereocenters. The molecule has 0 atom stereocenters. The van der Waals surface area contributed by atoms with Gasteiger partial charge in [0.25, 0.3) is 0 Å². The zero-order chi connectivity index (χ0) is 10.3. The number of hydrogen-bond donors (Lipinski definition) is 3. The van der Waals surface area contributed by atoms with E-state index >= 15 is 0 Å². The minimum atomic E-state index is 1.13. The number of rotatable bonds is 1. The molecule has 1 aromatic carbocycles. The van der Waals surface area contributed by atoms with Gasteiger partial charge in [-0.1, -0.05) is 10.6 Å². The van der Waals surface area contributed by atoms with E-state index in [1.54, 1.807) is 0 Å². The number of nitrogens with zero attached hydrogens (tertiary/aromatic N) is 1. The van der Waals surface area contributed by atoms with Crippen molar-refractivity contribution in [3.8, 4) is 0 Å². The predicted octanol–water partition coefficient (Wildman–Crippen LogP) is 1.81. The Hall–Kier alpha value is -1.43. The topological polar surface area (TPSA) is 57.1 Å². The molecule has 0 amide bonds. The number of H-pyrrole nitrogens is 1. The summed E-state index contributed by atoms with van der Waals surface area (Å²) in [6.45, 7) is 0. The van der Waals surface area contributed by atoms with Crippen molar-refractivity contribution in [1.82, 2.24) is 14.9 Å². The van der Waals surface area contributed by atoms with Crippen molar-refractivity contribution in [1.29, 1.82) is 0 Å². The number of hydrazine groups is 2. The van der Waals surface area contributed by atoms with Crippen molar-refractivity contribution in [2.45, 2.75) is 0 Å². The standard InChI is InChI=1S/C10H10N4S/c11-14-13-6-10(15-14)8-1-2-9-7(5-8)3-4-12-9/h1-6,12-13H,11H2. The smallest absolute Gasteiger partial charge is 0.0506 e. The molecular weight excluding hydrogens is 208 g/mol. The fourth-order valence-corrected chi connectivity index (χ4v) is 2.28. The number of aromatic amines is 1. The number of aromatic nitrogens is 1. The van der Waals surface area contributed by atoms with Gasteiger partial charge in [0.1, 0.15) is 0 Å². The van der Waals surface area contributed by atoms with E-state index in [0.717, 1.165) is 10.4 Å². The third-order valence-electron chi connectivity index (χ3n) is 2.36. The second-order valence-corrected chi connectivity index (χ2v) is 4.35. The first-order chi connectivity index (χ1) is 7.33. The van der Waals surface area contributed by atoms with Crippen LogP contribution in [0.25, 0.3) is 15.8 Å². The number of benzene rings is 1. The van der Waals surface area contributed by atoms with Crippen LogP contribution in [0.5, 0.6) is 0 Å². The maximum atomic E-state index is 5.58. The Morgan fingerprint density at radius 2 is 2.20 bits per heavy atom. The molecule has 1 aromatic heterocycles. The number of nitrogens with two attached hydrogens (primary N) is 1. The van der Waals surface area contributed by atoms with Crippen molar-refractivity contribution >= 4 is 27.8 Å². The summed E-state index contributed by atoms with van der Waals surface area (Å²) in [5.74, 6) is 5.58. The van der Waals surface area contributed by atoms with E-state index in [1.165, 1.54) is 27.4 Å². The van der Waals surface area contributed by atoms with Crippen LogP contribution in [-0.4, -0.2) is 9.51 Å². The van der Waals surface area contributed by atoms with Gasteiger partial charge < -0.3 is 10.4 Å². The van der Waals surface area contributed by atoms with E-state index in [0.29, 0.717) is 0 Å². The highest BCUT2D eigenvalue weighted by atomic mass is 32.2. The average molecular weight is 218 g/mol. The van der Waals surface area contributed by atoms with Crippen LogP contribution < -0.4 is 11.3 Å². The maximum Gasteiger partial charge on any atom is 0.0506 e. The first-order valence-electron chi connectivity index (χ1n) is 4.59. The van der Waals surface area contributed by atoms with E-state index in [1.807, 2.05) is 12.4 Å². The van der Waals surface area contributed by atoms with Gasteiger partial charge in [-0.15, -0.1) is 0 Å². The molecule has 76 valence electrons. The number of hydrogen-bond acceptors (Lipinski definition) is 4. The fourth-order valence-electron chi connectivity index (χ4n) is 1.62. The molecule has 4 N–H and O–H groups in total. The summed E-state index contributed by atoms with van der Waals surface area (Å²) < 4.78 is 1.48. The van der Waals surface area contributed by atoms with Gasteiger partial charge in [-0.2, -0.15) is 0 Å². The molecule has 2 aromatic rings. The van der Waals surface area contributed by atoms with E-state index in [-0.39, 0.29) is 0 Å². The largest absolute Gasteiger partial charge is 0.361 e. The lowest BCUT2D eigenvalue weighted by Gasteiger charge is -2.05. The van der Waals surface area contributed by atoms with Crippen LogP contribution in [0.4, 0.5) is 0 Å². The van der Waals surface area contributed by atoms with Crippen LogP contribution in [0.15, 0.2) is 36.7 Å². The van der Waals surface area contributed by atoms with Gasteiger partial charge in [-0.3, -0.25) is 0 Å². The molecule has 2 heterocycles. The first-order valence-corrected chi connectivity index (χ1v) is 5.37. The van der Waals surface area contributed by atoms with Gasteiger partial charge >= 0.3 is 0 Å². The van der Waals surface area contributed by atoms with Crippen LogP contribution in [0.1, 0.15) is 5.56 Å². The Balaban J connectivity index is 2.04. The van der Waals surface area contributed by atoms with Crippen LogP contribution in [0.3, 0.4) is 0 Å². The molecule has 0 aliphatic carbocycles. The Kier molecular flexibility index (Phi) is 1.95. The first kappa shape index (κ1) is 8.84. The summed E-state index contributed by atoms with van der Waals surface area (Å²) in [5, 5.41) is 1.21. The van der Waals surface area contributed by atoms with Crippen molar-refractivity contribution in [3.63, 3.8) is 0 Å². The van der Waals surface area contributed by atoms with Crippen molar-refractivity contribution in [3.05, 3.63) is 42.2 Å². The number of fused-ring (bicyclic) bond motifs is 1. The molecule has 0 bridgehead atoms. The normalized spacial score (nSPS) is 16.7. The Bertz CT molecular complexity index is 531. The van der Waals surface area contributed by atoms with E-state index in [2.05, 4.69) is 34.7 Å². The molecule has 0 saturated heterocycles. The lowest BCUT2D eigenvalue weighted by molar-refractivity contribution is 0.441. The molecule has 0 spiro atoms. The summed E-state index contributed by atoms with van der Waals surface area (Å²) in [6, 6.07) is 8.36. The van der Waals surface area contributed by atoms with Crippen LogP contribution in [0.2, 0.25) is 0 Å². The van der Waals surface area contributed by atoms with Gasteiger partial charge in [-0.25, -0.2) is 5.84 Å². The highest BCUT2D eigenvalue weighted by Gasteiger charge is 2.13. The van der Waals surface area contributed by atoms with Gasteiger partial charge in [0, 0.05) is 17.9 Å². The second kappa shape index (κ2) is 3.30. The molecule has 0 radical (unpaired) electrons. The molecule has 4 nitrogen and oxygen atoms in total. The molecule has 0 fully saturated rings. The summed E-state index contributed by atoms with van der Waals surface area (Å²) in [4.78, 5) is 4.29. The maximum absolute atomic E-state index is 5.58. The monoisotopic (exact) mass is 218 g/mol. The SMILES string of the molecule is NN1NC=C(c2ccc3[nH]ccc3c2)S1. The second-order valence-electron chi connectivity index (χ2n) is 3.33. The molecule has 5 heteroatoms. The van der Waals surface area contributed by atoms with E-state index in [9.17, 15) is 0 Å². The van der Waals surface area contributed by atoms with Gasteiger partial charge in [-0.05, 0) is 41.1 Å². The van der Waals surface area contributed by atoms with Gasteiger partial charge in [0.2, 0.25) is 0 Å². The highest BCUT2D eigenvalue weighted by Crippen LogP contribution is 2.32. The molecule has 0 saturated carbocycles. The third kappa shape index (κ3) is 1.50. The van der Waals surface area contributed by atoms with E-state index in [4.69, 9.17) is 5.84 Å². The predicted molar refractivity (Wildman–Crippen MR) is 63.0 cm³/mol. The minimum Gasteiger partial charge on any atom is -0.361 e. The molecule has 15 heavy (non-hydrogen) atoms. The Morgan fingerprint density at radius 1 is 1.27 bits per heavy atom. The van der Waals surface area contributed by atoms with Crippen molar-refractivity contribution in [2.24, 2.45) is 5.84 Å². The quantitative estimate of drug-likeness (QED) is 0.504. The lowest BCUT2D eigenvalue weighted by Crippen LogP contribution is -2.30. The Labute approximate surface area is 91.2 Å². The summed E-state index contributed by atoms with van der Waals surface area (Å²) in [6.07, 6.45) is 3.84. The number of nitrogens with one attached hydrogen (secondary N) is 2. The van der Waals surface area contributed by atoms with Gasteiger partial charge in [0.15, 0.2) is 0 Å².